The van der Waals surface area contributed by atoms with Gasteiger partial charge in [-0.1, -0.05) is 48.5 Å². The molecule has 0 saturated carbocycles. The Morgan fingerprint density at radius 3 is 2.17 bits per heavy atom. The summed E-state index contributed by atoms with van der Waals surface area (Å²) in [7, 11) is 0. The fourth-order valence-electron chi connectivity index (χ4n) is 5.55. The van der Waals surface area contributed by atoms with Gasteiger partial charge >= 0.3 is 5.69 Å². The second-order valence-electron chi connectivity index (χ2n) is 10.8. The monoisotopic (exact) mass is 575 g/mol. The highest BCUT2D eigenvalue weighted by atomic mass is 19.1. The summed E-state index contributed by atoms with van der Waals surface area (Å²) >= 11 is 0. The zero-order valence-electron chi connectivity index (χ0n) is 23.8. The maximum atomic E-state index is 14.7. The van der Waals surface area contributed by atoms with Crippen LogP contribution in [0.3, 0.4) is 0 Å². The summed E-state index contributed by atoms with van der Waals surface area (Å²) in [5, 5.41) is 9.84. The maximum Gasteiger partial charge on any atom is 0.331 e. The van der Waals surface area contributed by atoms with E-state index in [1.54, 1.807) is 13.0 Å². The van der Waals surface area contributed by atoms with Crippen LogP contribution in [0.5, 0.6) is 5.75 Å². The van der Waals surface area contributed by atoms with Crippen molar-refractivity contribution in [1.29, 1.82) is 0 Å². The number of aromatic nitrogens is 2. The number of aromatic hydroxyl groups is 1. The van der Waals surface area contributed by atoms with Crippen molar-refractivity contribution in [2.75, 3.05) is 31.1 Å². The van der Waals surface area contributed by atoms with Crippen molar-refractivity contribution in [3.05, 3.63) is 127 Å². The molecule has 1 aliphatic rings. The van der Waals surface area contributed by atoms with Gasteiger partial charge in [0.1, 0.15) is 23.1 Å². The van der Waals surface area contributed by atoms with Crippen molar-refractivity contribution in [3.8, 4) is 5.75 Å². The molecule has 0 amide bonds. The average Bonchev–Trinajstić information content (AvgIpc) is 2.98. The zero-order chi connectivity index (χ0) is 30.0. The summed E-state index contributed by atoms with van der Waals surface area (Å²) in [6.45, 7) is 6.09. The van der Waals surface area contributed by atoms with Crippen molar-refractivity contribution in [1.82, 2.24) is 14.0 Å². The van der Waals surface area contributed by atoms with Gasteiger partial charge in [0.05, 0.1) is 13.1 Å². The Kier molecular flexibility index (Phi) is 8.56. The minimum Gasteiger partial charge on any atom is -0.508 e. The lowest BCUT2D eigenvalue weighted by molar-refractivity contribution is 0.249. The summed E-state index contributed by atoms with van der Waals surface area (Å²) in [6, 6.07) is 17.6. The Hall–Kier alpha value is -4.28. The zero-order valence-corrected chi connectivity index (χ0v) is 23.8. The number of phenols is 1. The van der Waals surface area contributed by atoms with Crippen molar-refractivity contribution in [2.45, 2.75) is 39.5 Å². The van der Waals surface area contributed by atoms with Crippen LogP contribution in [0, 0.1) is 25.5 Å². The van der Waals surface area contributed by atoms with E-state index < -0.39 is 28.9 Å². The number of rotatable bonds is 8. The number of phenolic OH excluding ortho intramolecular Hbond substituents is 1. The van der Waals surface area contributed by atoms with Crippen molar-refractivity contribution < 1.29 is 13.9 Å². The SMILES string of the molecule is Cc1cc(CN2CCN(c3c(C)n(Cc4c(F)cccc4F)c(=O)n(C[C@H](N)c4ccccc4)c3=O)CC2)ccc1O. The van der Waals surface area contributed by atoms with Gasteiger partial charge < -0.3 is 15.7 Å². The Balaban J connectivity index is 1.49. The number of anilines is 1. The lowest BCUT2D eigenvalue weighted by Gasteiger charge is -2.37. The quantitative estimate of drug-likeness (QED) is 0.333. The van der Waals surface area contributed by atoms with Gasteiger partial charge in [-0.3, -0.25) is 18.8 Å². The predicted molar refractivity (Wildman–Crippen MR) is 159 cm³/mol. The molecule has 1 atom stereocenters. The Morgan fingerprint density at radius 2 is 1.52 bits per heavy atom. The first-order valence-electron chi connectivity index (χ1n) is 14.0. The highest BCUT2D eigenvalue weighted by Crippen LogP contribution is 2.22. The molecule has 10 heteroatoms. The molecule has 4 aromatic rings. The molecule has 0 aliphatic carbocycles. The van der Waals surface area contributed by atoms with Crippen LogP contribution in [-0.4, -0.2) is 45.3 Å². The summed E-state index contributed by atoms with van der Waals surface area (Å²) < 4.78 is 31.7. The van der Waals surface area contributed by atoms with Crippen LogP contribution in [0.15, 0.2) is 76.3 Å². The molecule has 1 aromatic heterocycles. The Morgan fingerprint density at radius 1 is 0.857 bits per heavy atom. The number of hydrogen-bond acceptors (Lipinski definition) is 6. The molecule has 8 nitrogen and oxygen atoms in total. The van der Waals surface area contributed by atoms with Gasteiger partial charge in [-0.15, -0.1) is 0 Å². The van der Waals surface area contributed by atoms with Crippen LogP contribution in [0.4, 0.5) is 14.5 Å². The van der Waals surface area contributed by atoms with E-state index in [-0.39, 0.29) is 24.4 Å². The fourth-order valence-corrected chi connectivity index (χ4v) is 5.55. The van der Waals surface area contributed by atoms with Gasteiger partial charge in [0.15, 0.2) is 0 Å². The predicted octanol–water partition coefficient (Wildman–Crippen LogP) is 3.68. The van der Waals surface area contributed by atoms with Gasteiger partial charge in [-0.25, -0.2) is 13.6 Å². The molecule has 1 aliphatic heterocycles. The number of aryl methyl sites for hydroxylation is 1. The van der Waals surface area contributed by atoms with Crippen molar-refractivity contribution in [3.63, 3.8) is 0 Å². The molecule has 1 saturated heterocycles. The first kappa shape index (κ1) is 29.2. The standard InChI is InChI=1S/C32H35F2N5O3/c1-21-17-23(11-12-29(21)40)18-36-13-15-37(16-14-36)30-22(2)38(19-25-26(33)9-6-10-27(25)34)32(42)39(31(30)41)20-28(35)24-7-4-3-5-8-24/h3-12,17,28,40H,13-16,18-20,35H2,1-2H3/t28-/m0/s1. The summed E-state index contributed by atoms with van der Waals surface area (Å²) in [5.74, 6) is -1.27. The van der Waals surface area contributed by atoms with Crippen LogP contribution in [-0.2, 0) is 19.6 Å². The van der Waals surface area contributed by atoms with E-state index >= 15 is 0 Å². The van der Waals surface area contributed by atoms with Gasteiger partial charge in [-0.2, -0.15) is 0 Å². The summed E-state index contributed by atoms with van der Waals surface area (Å²) in [6.07, 6.45) is 0. The lowest BCUT2D eigenvalue weighted by atomic mass is 10.1. The van der Waals surface area contributed by atoms with Crippen molar-refractivity contribution in [2.24, 2.45) is 5.73 Å². The van der Waals surface area contributed by atoms with Gasteiger partial charge in [0.2, 0.25) is 0 Å². The first-order chi connectivity index (χ1) is 20.1. The molecule has 0 radical (unpaired) electrons. The third kappa shape index (κ3) is 6.00. The molecular formula is C32H35F2N5O3. The number of nitrogens with two attached hydrogens (primary N) is 1. The molecule has 1 fully saturated rings. The van der Waals surface area contributed by atoms with Crippen LogP contribution in [0.1, 0.15) is 34.0 Å². The van der Waals surface area contributed by atoms with Crippen molar-refractivity contribution >= 4 is 5.69 Å². The third-order valence-corrected chi connectivity index (χ3v) is 8.00. The summed E-state index contributed by atoms with van der Waals surface area (Å²) in [5.41, 5.74) is 8.35. The molecule has 5 rings (SSSR count). The Labute approximate surface area is 242 Å². The van der Waals surface area contributed by atoms with E-state index in [2.05, 4.69) is 4.90 Å². The molecule has 0 bridgehead atoms. The van der Waals surface area contributed by atoms with Crippen LogP contribution in [0.2, 0.25) is 0 Å². The van der Waals surface area contributed by atoms with Crippen LogP contribution in [0.25, 0.3) is 0 Å². The molecule has 0 unspecified atom stereocenters. The van der Waals surface area contributed by atoms with Gasteiger partial charge in [-0.05, 0) is 48.7 Å². The number of nitrogens with zero attached hydrogens (tertiary/aromatic N) is 4. The number of hydrogen-bond donors (Lipinski definition) is 2. The molecule has 3 N–H and O–H groups in total. The molecule has 0 spiro atoms. The van der Waals surface area contributed by atoms with E-state index in [1.165, 1.54) is 10.6 Å². The second-order valence-corrected chi connectivity index (χ2v) is 10.8. The molecule has 3 aromatic carbocycles. The van der Waals surface area contributed by atoms with Crippen LogP contribution < -0.4 is 21.9 Å². The number of halogens is 2. The maximum absolute atomic E-state index is 14.7. The molecular weight excluding hydrogens is 540 g/mol. The molecule has 220 valence electrons. The average molecular weight is 576 g/mol. The Bertz CT molecular complexity index is 1680. The molecule has 42 heavy (non-hydrogen) atoms. The third-order valence-electron chi connectivity index (χ3n) is 8.00. The van der Waals surface area contributed by atoms with E-state index in [1.807, 2.05) is 54.3 Å². The van der Waals surface area contributed by atoms with Gasteiger partial charge in [0.25, 0.3) is 5.56 Å². The minimum absolute atomic E-state index is 0.0884. The number of benzene rings is 3. The van der Waals surface area contributed by atoms with E-state index in [4.69, 9.17) is 5.73 Å². The normalized spacial score (nSPS) is 14.7. The van der Waals surface area contributed by atoms with E-state index in [0.717, 1.165) is 33.4 Å². The minimum atomic E-state index is -0.764. The largest absolute Gasteiger partial charge is 0.508 e. The topological polar surface area (TPSA) is 96.7 Å². The highest BCUT2D eigenvalue weighted by Gasteiger charge is 2.26. The first-order valence-corrected chi connectivity index (χ1v) is 14.0. The lowest BCUT2D eigenvalue weighted by Crippen LogP contribution is -2.51. The fraction of sp³-hybridized carbons (Fsp3) is 0.312. The second kappa shape index (κ2) is 12.3. The number of piperazine rings is 1. The summed E-state index contributed by atoms with van der Waals surface area (Å²) in [4.78, 5) is 31.8. The van der Waals surface area contributed by atoms with E-state index in [9.17, 15) is 23.5 Å². The highest BCUT2D eigenvalue weighted by molar-refractivity contribution is 5.50. The molecule has 2 heterocycles. The van der Waals surface area contributed by atoms with Gasteiger partial charge in [0, 0.05) is 50.0 Å². The van der Waals surface area contributed by atoms with E-state index in [0.29, 0.717) is 44.1 Å². The smallest absolute Gasteiger partial charge is 0.331 e. The van der Waals surface area contributed by atoms with Crippen LogP contribution >= 0.6 is 0 Å².